The van der Waals surface area contributed by atoms with E-state index in [4.69, 9.17) is 11.6 Å². The molecule has 0 radical (unpaired) electrons. The van der Waals surface area contributed by atoms with Crippen LogP contribution in [0.15, 0.2) is 30.6 Å². The van der Waals surface area contributed by atoms with E-state index in [1.54, 1.807) is 24.0 Å². The molecule has 3 aromatic rings. The summed E-state index contributed by atoms with van der Waals surface area (Å²) in [4.78, 5) is 12.3. The third-order valence-corrected chi connectivity index (χ3v) is 3.76. The highest BCUT2D eigenvalue weighted by Crippen LogP contribution is 2.20. The zero-order chi connectivity index (χ0) is 17.3. The van der Waals surface area contributed by atoms with Crippen molar-refractivity contribution in [3.05, 3.63) is 52.8 Å². The number of carbonyl (C=O) groups excluding carboxylic acids is 1. The maximum atomic E-state index is 13.3. The first-order chi connectivity index (χ1) is 11.5. The van der Waals surface area contributed by atoms with E-state index < -0.39 is 11.7 Å². The minimum Gasteiger partial charge on any atom is -0.318 e. The van der Waals surface area contributed by atoms with E-state index in [2.05, 4.69) is 20.7 Å². The largest absolute Gasteiger partial charge is 0.318 e. The van der Waals surface area contributed by atoms with Crippen molar-refractivity contribution in [2.75, 3.05) is 5.32 Å². The zero-order valence-electron chi connectivity index (χ0n) is 13.0. The molecule has 0 saturated carbocycles. The van der Waals surface area contributed by atoms with E-state index in [1.165, 1.54) is 22.9 Å². The van der Waals surface area contributed by atoms with Crippen molar-refractivity contribution in [2.24, 2.45) is 0 Å². The molecule has 124 valence electrons. The van der Waals surface area contributed by atoms with Crippen LogP contribution in [0.3, 0.4) is 0 Å². The van der Waals surface area contributed by atoms with Crippen LogP contribution in [0.2, 0.25) is 5.02 Å². The van der Waals surface area contributed by atoms with Crippen LogP contribution in [0.25, 0.3) is 5.69 Å². The molecule has 0 bridgehead atoms. The van der Waals surface area contributed by atoms with Crippen LogP contribution < -0.4 is 5.32 Å². The Morgan fingerprint density at radius 1 is 1.42 bits per heavy atom. The van der Waals surface area contributed by atoms with Gasteiger partial charge in [0.05, 0.1) is 28.3 Å². The van der Waals surface area contributed by atoms with Crippen LogP contribution in [0.1, 0.15) is 23.1 Å². The average Bonchev–Trinajstić information content (AvgIpc) is 3.16. The lowest BCUT2D eigenvalue weighted by atomic mass is 10.2. The van der Waals surface area contributed by atoms with Gasteiger partial charge in [-0.3, -0.25) is 9.48 Å². The number of anilines is 1. The first kappa shape index (κ1) is 16.1. The molecule has 2 heterocycles. The summed E-state index contributed by atoms with van der Waals surface area (Å²) < 4.78 is 16.4. The standard InChI is InChI=1S/C15H14ClFN6O/c1-3-22-8-10(7-18-22)19-15(24)14-9(2)23(21-20-14)11-4-5-13(17)12(16)6-11/h4-8H,3H2,1-2H3,(H,19,24). The second kappa shape index (κ2) is 6.40. The summed E-state index contributed by atoms with van der Waals surface area (Å²) >= 11 is 5.78. The number of halogens is 2. The van der Waals surface area contributed by atoms with Crippen molar-refractivity contribution in [3.63, 3.8) is 0 Å². The number of amides is 1. The van der Waals surface area contributed by atoms with Gasteiger partial charge in [-0.25, -0.2) is 9.07 Å². The van der Waals surface area contributed by atoms with Gasteiger partial charge in [0.25, 0.3) is 5.91 Å². The van der Waals surface area contributed by atoms with Crippen LogP contribution in [0.5, 0.6) is 0 Å². The third-order valence-electron chi connectivity index (χ3n) is 3.47. The predicted molar refractivity (Wildman–Crippen MR) is 86.9 cm³/mol. The first-order valence-electron chi connectivity index (χ1n) is 7.21. The Labute approximate surface area is 142 Å². The molecule has 7 nitrogen and oxygen atoms in total. The van der Waals surface area contributed by atoms with Gasteiger partial charge >= 0.3 is 0 Å². The molecule has 0 atom stereocenters. The highest BCUT2D eigenvalue weighted by Gasteiger charge is 2.18. The zero-order valence-corrected chi connectivity index (χ0v) is 13.8. The number of hydrogen-bond acceptors (Lipinski definition) is 4. The number of rotatable bonds is 4. The van der Waals surface area contributed by atoms with Gasteiger partial charge in [-0.05, 0) is 32.0 Å². The molecule has 9 heteroatoms. The summed E-state index contributed by atoms with van der Waals surface area (Å²) in [5.41, 5.74) is 1.77. The normalized spacial score (nSPS) is 10.8. The molecular formula is C15H14ClFN6O. The molecule has 0 fully saturated rings. The second-order valence-corrected chi connectivity index (χ2v) is 5.48. The number of carbonyl (C=O) groups is 1. The third kappa shape index (κ3) is 3.00. The molecule has 1 amide bonds. The van der Waals surface area contributed by atoms with Gasteiger partial charge in [0.2, 0.25) is 0 Å². The molecule has 2 aromatic heterocycles. The summed E-state index contributed by atoms with van der Waals surface area (Å²) in [6.45, 7) is 4.35. The van der Waals surface area contributed by atoms with Gasteiger partial charge in [-0.2, -0.15) is 5.10 Å². The van der Waals surface area contributed by atoms with E-state index in [9.17, 15) is 9.18 Å². The molecular weight excluding hydrogens is 335 g/mol. The number of benzene rings is 1. The predicted octanol–water partition coefficient (Wildman–Crippen LogP) is 2.84. The van der Waals surface area contributed by atoms with Crippen LogP contribution >= 0.6 is 11.6 Å². The lowest BCUT2D eigenvalue weighted by molar-refractivity contribution is 0.102. The Hall–Kier alpha value is -2.74. The fourth-order valence-electron chi connectivity index (χ4n) is 2.19. The number of nitrogens with one attached hydrogen (secondary N) is 1. The van der Waals surface area contributed by atoms with Crippen LogP contribution in [-0.4, -0.2) is 30.7 Å². The molecule has 0 unspecified atom stereocenters. The number of nitrogens with zero attached hydrogens (tertiary/aromatic N) is 5. The topological polar surface area (TPSA) is 77.6 Å². The summed E-state index contributed by atoms with van der Waals surface area (Å²) in [5.74, 6) is -0.924. The minimum atomic E-state index is -0.524. The lowest BCUT2D eigenvalue weighted by Crippen LogP contribution is -2.14. The molecule has 24 heavy (non-hydrogen) atoms. The molecule has 0 aliphatic rings. The lowest BCUT2D eigenvalue weighted by Gasteiger charge is -2.05. The highest BCUT2D eigenvalue weighted by molar-refractivity contribution is 6.30. The number of aryl methyl sites for hydroxylation is 1. The fraction of sp³-hybridized carbons (Fsp3) is 0.200. The van der Waals surface area contributed by atoms with E-state index in [-0.39, 0.29) is 10.7 Å². The van der Waals surface area contributed by atoms with Crippen molar-refractivity contribution < 1.29 is 9.18 Å². The maximum absolute atomic E-state index is 13.3. The summed E-state index contributed by atoms with van der Waals surface area (Å²) in [5, 5.41) is 14.6. The van der Waals surface area contributed by atoms with Gasteiger partial charge in [0, 0.05) is 12.7 Å². The summed E-state index contributed by atoms with van der Waals surface area (Å²) in [7, 11) is 0. The van der Waals surface area contributed by atoms with Crippen molar-refractivity contribution in [1.82, 2.24) is 24.8 Å². The molecule has 0 spiro atoms. The molecule has 3 rings (SSSR count). The number of aromatic nitrogens is 5. The van der Waals surface area contributed by atoms with E-state index in [0.29, 0.717) is 23.6 Å². The molecule has 0 aliphatic carbocycles. The van der Waals surface area contributed by atoms with Gasteiger partial charge < -0.3 is 5.32 Å². The highest BCUT2D eigenvalue weighted by atomic mass is 35.5. The van der Waals surface area contributed by atoms with Crippen molar-refractivity contribution in [1.29, 1.82) is 0 Å². The van der Waals surface area contributed by atoms with E-state index in [0.717, 1.165) is 0 Å². The summed E-state index contributed by atoms with van der Waals surface area (Å²) in [6, 6.07) is 4.17. The fourth-order valence-corrected chi connectivity index (χ4v) is 2.37. The van der Waals surface area contributed by atoms with Crippen LogP contribution in [0.4, 0.5) is 10.1 Å². The maximum Gasteiger partial charge on any atom is 0.278 e. The molecule has 0 saturated heterocycles. The molecule has 1 N–H and O–H groups in total. The van der Waals surface area contributed by atoms with Crippen LogP contribution in [-0.2, 0) is 6.54 Å². The minimum absolute atomic E-state index is 0.0274. The van der Waals surface area contributed by atoms with Gasteiger partial charge in [0.15, 0.2) is 5.69 Å². The Morgan fingerprint density at radius 2 is 2.21 bits per heavy atom. The Kier molecular flexibility index (Phi) is 4.30. The second-order valence-electron chi connectivity index (χ2n) is 5.07. The molecule has 0 aliphatic heterocycles. The number of hydrogen-bond donors (Lipinski definition) is 1. The van der Waals surface area contributed by atoms with Gasteiger partial charge in [-0.1, -0.05) is 16.8 Å². The van der Waals surface area contributed by atoms with Crippen molar-refractivity contribution in [3.8, 4) is 5.69 Å². The van der Waals surface area contributed by atoms with E-state index in [1.807, 2.05) is 6.92 Å². The average molecular weight is 349 g/mol. The monoisotopic (exact) mass is 348 g/mol. The van der Waals surface area contributed by atoms with Crippen molar-refractivity contribution in [2.45, 2.75) is 20.4 Å². The smallest absolute Gasteiger partial charge is 0.278 e. The van der Waals surface area contributed by atoms with E-state index >= 15 is 0 Å². The summed E-state index contributed by atoms with van der Waals surface area (Å²) in [6.07, 6.45) is 3.28. The quantitative estimate of drug-likeness (QED) is 0.786. The molecule has 1 aromatic carbocycles. The first-order valence-corrected chi connectivity index (χ1v) is 7.59. The van der Waals surface area contributed by atoms with Crippen molar-refractivity contribution >= 4 is 23.2 Å². The Balaban J connectivity index is 1.86. The van der Waals surface area contributed by atoms with Gasteiger partial charge in [-0.15, -0.1) is 5.10 Å². The SMILES string of the molecule is CCn1cc(NC(=O)c2nnn(-c3ccc(F)c(Cl)c3)c2C)cn1. The van der Waals surface area contributed by atoms with Gasteiger partial charge in [0.1, 0.15) is 5.82 Å². The van der Waals surface area contributed by atoms with Crippen LogP contribution in [0, 0.1) is 12.7 Å². The Bertz CT molecular complexity index is 903. The Morgan fingerprint density at radius 3 is 2.88 bits per heavy atom.